The van der Waals surface area contributed by atoms with Crippen molar-refractivity contribution in [1.29, 1.82) is 0 Å². The van der Waals surface area contributed by atoms with Crippen LogP contribution in [0, 0.1) is 0 Å². The van der Waals surface area contributed by atoms with Crippen LogP contribution in [0.25, 0.3) is 87.6 Å². The van der Waals surface area contributed by atoms with E-state index in [2.05, 4.69) is 0 Å². The summed E-state index contributed by atoms with van der Waals surface area (Å²) in [6, 6.07) is -13.9. The smallest absolute Gasteiger partial charge is 0.143 e. The van der Waals surface area contributed by atoms with Gasteiger partial charge in [-0.3, -0.25) is 0 Å². The van der Waals surface area contributed by atoms with Crippen molar-refractivity contribution < 1.29 is 35.9 Å². The van der Waals surface area contributed by atoms with Crippen LogP contribution in [-0.4, -0.2) is 0 Å². The zero-order valence-electron chi connectivity index (χ0n) is 44.6. The lowest BCUT2D eigenvalue weighted by Gasteiger charge is -2.18. The lowest BCUT2D eigenvalue weighted by atomic mass is 9.85. The van der Waals surface area contributed by atoms with Crippen LogP contribution in [0.4, 0.5) is 0 Å². The quantitative estimate of drug-likeness (QED) is 0.193. The lowest BCUT2D eigenvalue weighted by molar-refractivity contribution is 0.670. The number of rotatable bonds is 3. The molecule has 0 unspecified atom stereocenters. The van der Waals surface area contributed by atoms with Gasteiger partial charge in [-0.1, -0.05) is 145 Å². The van der Waals surface area contributed by atoms with Gasteiger partial charge in [0.15, 0.2) is 0 Å². The Bertz CT molecular complexity index is 3690. The number of hydrogen-bond donors (Lipinski definition) is 0. The minimum absolute atomic E-state index is 0.0494. The van der Waals surface area contributed by atoms with E-state index in [4.69, 9.17) is 25.0 Å². The molecule has 9 aromatic rings. The Morgan fingerprint density at radius 2 is 0.977 bits per heavy atom. The van der Waals surface area contributed by atoms with Gasteiger partial charge in [-0.2, -0.15) is 0 Å². The highest BCUT2D eigenvalue weighted by Crippen LogP contribution is 2.46. The van der Waals surface area contributed by atoms with Crippen molar-refractivity contribution >= 4 is 54.3 Å². The topological polar surface area (TPSA) is 13.1 Å². The molecule has 0 fully saturated rings. The summed E-state index contributed by atoms with van der Waals surface area (Å²) in [5.74, 6) is 0. The van der Waals surface area contributed by atoms with Gasteiger partial charge in [0.1, 0.15) is 11.2 Å². The summed E-state index contributed by atoms with van der Waals surface area (Å²) in [7, 11) is 0. The van der Waals surface area contributed by atoms with Gasteiger partial charge in [-0.25, -0.2) is 0 Å². The fourth-order valence-electron chi connectivity index (χ4n) is 5.32. The fourth-order valence-corrected chi connectivity index (χ4v) is 5.32. The molecule has 0 spiro atoms. The number of hydrogen-bond acceptors (Lipinski definition) is 1. The van der Waals surface area contributed by atoms with Crippen molar-refractivity contribution in [2.45, 2.75) is 0 Å². The summed E-state index contributed by atoms with van der Waals surface area (Å²) in [5, 5.41) is -2.90. The molecule has 1 aromatic heterocycles. The predicted molar refractivity (Wildman–Crippen MR) is 183 cm³/mol. The van der Waals surface area contributed by atoms with Gasteiger partial charge >= 0.3 is 0 Å². The lowest BCUT2D eigenvalue weighted by Crippen LogP contribution is -1.91. The third-order valence-electron chi connectivity index (χ3n) is 7.16. The van der Waals surface area contributed by atoms with Crippen LogP contribution < -0.4 is 0 Å². The SMILES string of the molecule is [2H]c1c([2H])c(-c2c3c([2H])c([2H])c([2H])c([2H])c3c(-c3cccc4c3oc3c([2H])c([2H])c([2H])c([2H])c34)c3c([2H])c([2H])c([2H])c([2H])c23)c([2H])c([2H])c1-c1c([2H])c([2H])c2c([2H])c([2H])c([2H])c([2H])c2c1[2H]. The first-order valence-corrected chi connectivity index (χ1v) is 12.9. The fraction of sp³-hybridized carbons (Fsp3) is 0. The highest BCUT2D eigenvalue weighted by molar-refractivity contribution is 6.24. The van der Waals surface area contributed by atoms with Crippen LogP contribution in [0.3, 0.4) is 0 Å². The molecule has 1 nitrogen and oxygen atoms in total. The molecule has 1 heterocycles. The summed E-state index contributed by atoms with van der Waals surface area (Å²) < 4.78 is 210. The largest absolute Gasteiger partial charge is 0.455 e. The Labute approximate surface area is 281 Å². The standard InChI is InChI=1S/C42H26O/c1-2-11-30-26-31(25-22-27(30)10-1)28-20-23-29(24-21-28)40-33-13-3-5-15-35(33)41(36-16-6-4-14-34(36)40)38-18-9-17-37-32-12-7-8-19-39(32)43-42(37)38/h1-26H/i1D,2D,3D,4D,5D,6D,7D,8D,10D,11D,12D,13D,14D,15D,16D,19D,20D,21D,22D,23D,24D,25D,26D. The van der Waals surface area contributed by atoms with Crippen LogP contribution in [0.2, 0.25) is 0 Å². The first-order valence-electron chi connectivity index (χ1n) is 24.4. The molecule has 200 valence electrons. The molecular weight excluding hydrogens is 520 g/mol. The Morgan fingerprint density at radius 3 is 1.70 bits per heavy atom. The van der Waals surface area contributed by atoms with Crippen molar-refractivity contribution in [1.82, 2.24) is 0 Å². The van der Waals surface area contributed by atoms with Gasteiger partial charge in [-0.05, 0) is 66.7 Å². The zero-order valence-corrected chi connectivity index (χ0v) is 21.6. The van der Waals surface area contributed by atoms with Gasteiger partial charge in [0.25, 0.3) is 0 Å². The van der Waals surface area contributed by atoms with Crippen molar-refractivity contribution in [2.24, 2.45) is 0 Å². The summed E-state index contributed by atoms with van der Waals surface area (Å²) in [4.78, 5) is 0. The van der Waals surface area contributed by atoms with Gasteiger partial charge in [0, 0.05) is 21.9 Å². The van der Waals surface area contributed by atoms with Gasteiger partial charge in [0.2, 0.25) is 0 Å². The van der Waals surface area contributed by atoms with Gasteiger partial charge in [0.05, 0.1) is 31.5 Å². The van der Waals surface area contributed by atoms with E-state index in [0.717, 1.165) is 0 Å². The summed E-state index contributed by atoms with van der Waals surface area (Å²) >= 11 is 0. The van der Waals surface area contributed by atoms with E-state index in [1.807, 2.05) is 0 Å². The van der Waals surface area contributed by atoms with Gasteiger partial charge < -0.3 is 4.42 Å². The molecule has 9 rings (SSSR count). The van der Waals surface area contributed by atoms with Crippen LogP contribution in [0.1, 0.15) is 31.5 Å². The molecule has 0 aliphatic rings. The van der Waals surface area contributed by atoms with E-state index in [-0.39, 0.29) is 33.1 Å². The predicted octanol–water partition coefficient (Wildman–Crippen LogP) is 12.0. The number of para-hydroxylation sites is 2. The van der Waals surface area contributed by atoms with Crippen LogP contribution >= 0.6 is 0 Å². The van der Waals surface area contributed by atoms with Crippen molar-refractivity contribution in [3.8, 4) is 33.4 Å². The number of furan rings is 1. The van der Waals surface area contributed by atoms with E-state index in [1.54, 1.807) is 0 Å². The van der Waals surface area contributed by atoms with Crippen LogP contribution in [0.5, 0.6) is 0 Å². The average molecular weight is 570 g/mol. The number of fused-ring (bicyclic) bond motifs is 6. The van der Waals surface area contributed by atoms with Crippen molar-refractivity contribution in [3.05, 3.63) is 157 Å². The Hall–Kier alpha value is -5.66. The van der Waals surface area contributed by atoms with E-state index in [0.29, 0.717) is 0 Å². The van der Waals surface area contributed by atoms with Crippen LogP contribution in [0.15, 0.2) is 162 Å². The Balaban J connectivity index is 1.52. The molecule has 0 amide bonds. The zero-order chi connectivity index (χ0) is 48.3. The highest BCUT2D eigenvalue weighted by Gasteiger charge is 2.20. The van der Waals surface area contributed by atoms with Crippen LogP contribution in [-0.2, 0) is 0 Å². The molecule has 0 N–H and O–H groups in total. The first kappa shape index (κ1) is 10.6. The normalized spacial score (nSPS) is 19.2. The Morgan fingerprint density at radius 1 is 0.419 bits per heavy atom. The molecule has 0 atom stereocenters. The highest BCUT2D eigenvalue weighted by atomic mass is 16.3. The summed E-state index contributed by atoms with van der Waals surface area (Å²) in [6.07, 6.45) is 0. The maximum Gasteiger partial charge on any atom is 0.143 e. The monoisotopic (exact) mass is 569 g/mol. The van der Waals surface area contributed by atoms with Crippen molar-refractivity contribution in [3.63, 3.8) is 0 Å². The molecule has 0 bridgehead atoms. The molecule has 0 radical (unpaired) electrons. The molecule has 43 heavy (non-hydrogen) atoms. The Kier molecular flexibility index (Phi) is 2.32. The summed E-state index contributed by atoms with van der Waals surface area (Å²) in [5.41, 5.74) is -3.57. The molecule has 1 heteroatoms. The first-order chi connectivity index (χ1) is 30.9. The molecule has 0 aliphatic carbocycles. The minimum atomic E-state index is -0.982. The molecular formula is C42H26O. The second kappa shape index (κ2) is 9.44. The maximum atomic E-state index is 9.46. The maximum absolute atomic E-state index is 9.46. The van der Waals surface area contributed by atoms with E-state index in [1.165, 1.54) is 18.2 Å². The van der Waals surface area contributed by atoms with E-state index < -0.39 is 194 Å². The second-order valence-electron chi connectivity index (χ2n) is 9.49. The molecule has 0 aliphatic heterocycles. The average Bonchev–Trinajstić information content (AvgIpc) is 3.70. The third-order valence-corrected chi connectivity index (χ3v) is 7.16. The number of benzene rings is 8. The molecule has 8 aromatic carbocycles. The molecule has 0 saturated carbocycles. The van der Waals surface area contributed by atoms with Crippen molar-refractivity contribution in [2.75, 3.05) is 0 Å². The second-order valence-corrected chi connectivity index (χ2v) is 9.49. The summed E-state index contributed by atoms with van der Waals surface area (Å²) in [6.45, 7) is 0. The molecule has 0 saturated heterocycles. The van der Waals surface area contributed by atoms with E-state index >= 15 is 0 Å². The van der Waals surface area contributed by atoms with E-state index in [9.17, 15) is 11.0 Å². The van der Waals surface area contributed by atoms with Gasteiger partial charge in [-0.15, -0.1) is 0 Å². The third kappa shape index (κ3) is 3.72. The minimum Gasteiger partial charge on any atom is -0.455 e.